The number of benzene rings is 1. The van der Waals surface area contributed by atoms with Gasteiger partial charge in [0, 0.05) is 6.54 Å². The van der Waals surface area contributed by atoms with Gasteiger partial charge in [-0.25, -0.2) is 0 Å². The number of carboxylic acids is 1. The third-order valence-corrected chi connectivity index (χ3v) is 3.65. The van der Waals surface area contributed by atoms with Gasteiger partial charge in [-0.3, -0.25) is 9.59 Å². The van der Waals surface area contributed by atoms with Crippen LogP contribution >= 0.6 is 12.4 Å². The number of rotatable bonds is 5. The second-order valence-electron chi connectivity index (χ2n) is 5.19. The first-order valence-corrected chi connectivity index (χ1v) is 6.76. The molecule has 0 amide bonds. The first-order valence-electron chi connectivity index (χ1n) is 6.76. The van der Waals surface area contributed by atoms with E-state index in [1.807, 2.05) is 30.3 Å². The van der Waals surface area contributed by atoms with Gasteiger partial charge in [0.15, 0.2) is 0 Å². The minimum Gasteiger partial charge on any atom is -0.481 e. The smallest absolute Gasteiger partial charge is 0.311 e. The van der Waals surface area contributed by atoms with E-state index in [4.69, 9.17) is 4.74 Å². The number of ether oxygens (including phenoxy) is 1. The number of carboxylic acid groups (broad SMARTS) is 1. The van der Waals surface area contributed by atoms with E-state index in [0.717, 1.165) is 18.5 Å². The fraction of sp³-hybridized carbons (Fsp3) is 0.467. The van der Waals surface area contributed by atoms with Crippen molar-refractivity contribution in [3.63, 3.8) is 0 Å². The van der Waals surface area contributed by atoms with Gasteiger partial charge in [0.25, 0.3) is 0 Å². The minimum atomic E-state index is -1.02. The van der Waals surface area contributed by atoms with Crippen LogP contribution in [-0.2, 0) is 20.9 Å². The molecule has 2 N–H and O–H groups in total. The number of carbonyl (C=O) groups excluding carboxylic acids is 1. The Morgan fingerprint density at radius 3 is 2.57 bits per heavy atom. The summed E-state index contributed by atoms with van der Waals surface area (Å²) in [6.07, 6.45) is 1.19. The van der Waals surface area contributed by atoms with Crippen LogP contribution in [0.3, 0.4) is 0 Å². The summed E-state index contributed by atoms with van der Waals surface area (Å²) in [5, 5.41) is 12.4. The number of piperidine rings is 1. The average molecular weight is 314 g/mol. The van der Waals surface area contributed by atoms with Crippen LogP contribution in [0.2, 0.25) is 0 Å². The molecule has 116 valence electrons. The van der Waals surface area contributed by atoms with Crippen LogP contribution in [-0.4, -0.2) is 30.1 Å². The summed E-state index contributed by atoms with van der Waals surface area (Å²) >= 11 is 0. The largest absolute Gasteiger partial charge is 0.481 e. The summed E-state index contributed by atoms with van der Waals surface area (Å²) in [5.74, 6) is -1.39. The van der Waals surface area contributed by atoms with Gasteiger partial charge in [0.2, 0.25) is 0 Å². The average Bonchev–Trinajstić information content (AvgIpc) is 2.47. The topological polar surface area (TPSA) is 75.6 Å². The fourth-order valence-corrected chi connectivity index (χ4v) is 2.44. The maximum Gasteiger partial charge on any atom is 0.311 e. The Morgan fingerprint density at radius 2 is 2.00 bits per heavy atom. The highest BCUT2D eigenvalue weighted by Crippen LogP contribution is 2.31. The van der Waals surface area contributed by atoms with Crippen molar-refractivity contribution in [1.29, 1.82) is 0 Å². The molecule has 0 bridgehead atoms. The predicted octanol–water partition coefficient (Wildman–Crippen LogP) is 2.00. The Morgan fingerprint density at radius 1 is 1.29 bits per heavy atom. The second-order valence-corrected chi connectivity index (χ2v) is 5.19. The predicted molar refractivity (Wildman–Crippen MR) is 80.3 cm³/mol. The molecular weight excluding hydrogens is 294 g/mol. The van der Waals surface area contributed by atoms with Crippen molar-refractivity contribution in [3.05, 3.63) is 35.9 Å². The molecule has 1 saturated heterocycles. The lowest BCUT2D eigenvalue weighted by atomic mass is 9.78. The molecule has 6 heteroatoms. The quantitative estimate of drug-likeness (QED) is 0.813. The molecule has 0 saturated carbocycles. The lowest BCUT2D eigenvalue weighted by molar-refractivity contribution is -0.160. The Hall–Kier alpha value is -1.59. The van der Waals surface area contributed by atoms with Gasteiger partial charge in [0.05, 0.1) is 11.8 Å². The summed E-state index contributed by atoms with van der Waals surface area (Å²) in [5.41, 5.74) is -0.126. The van der Waals surface area contributed by atoms with Crippen LogP contribution in [0.1, 0.15) is 24.8 Å². The summed E-state index contributed by atoms with van der Waals surface area (Å²) in [7, 11) is 0. The summed E-state index contributed by atoms with van der Waals surface area (Å²) in [6, 6.07) is 9.35. The molecule has 0 radical (unpaired) electrons. The van der Waals surface area contributed by atoms with E-state index in [0.29, 0.717) is 13.0 Å². The molecule has 1 aromatic carbocycles. The zero-order valence-electron chi connectivity index (χ0n) is 11.7. The first-order chi connectivity index (χ1) is 9.62. The number of esters is 1. The molecule has 1 fully saturated rings. The third kappa shape index (κ3) is 4.72. The molecule has 1 atom stereocenters. The maximum absolute atomic E-state index is 11.9. The lowest BCUT2D eigenvalue weighted by Crippen LogP contribution is -2.47. The van der Waals surface area contributed by atoms with Crippen molar-refractivity contribution < 1.29 is 19.4 Å². The van der Waals surface area contributed by atoms with Crippen LogP contribution in [0.15, 0.2) is 30.3 Å². The van der Waals surface area contributed by atoms with Crippen molar-refractivity contribution in [3.8, 4) is 0 Å². The molecule has 1 unspecified atom stereocenters. The summed E-state index contributed by atoms with van der Waals surface area (Å²) in [6.45, 7) is 1.31. The summed E-state index contributed by atoms with van der Waals surface area (Å²) in [4.78, 5) is 23.3. The standard InChI is InChI=1S/C15H19NO4.ClH/c17-13(20-10-12-5-2-1-3-6-12)9-15(14(18)19)7-4-8-16-11-15;/h1-3,5-6,16H,4,7-11H2,(H,18,19);1H. The van der Waals surface area contributed by atoms with Crippen LogP contribution in [0, 0.1) is 5.41 Å². The number of nitrogens with one attached hydrogen (secondary N) is 1. The van der Waals surface area contributed by atoms with E-state index in [9.17, 15) is 14.7 Å². The zero-order chi connectivity index (χ0) is 14.4. The fourth-order valence-electron chi connectivity index (χ4n) is 2.44. The van der Waals surface area contributed by atoms with Gasteiger partial charge in [-0.15, -0.1) is 12.4 Å². The third-order valence-electron chi connectivity index (χ3n) is 3.65. The van der Waals surface area contributed by atoms with Gasteiger partial charge in [-0.2, -0.15) is 0 Å². The Balaban J connectivity index is 0.00000220. The second kappa shape index (κ2) is 8.00. The minimum absolute atomic E-state index is 0. The molecule has 1 aromatic rings. The van der Waals surface area contributed by atoms with Crippen LogP contribution in [0.4, 0.5) is 0 Å². The van der Waals surface area contributed by atoms with Crippen molar-refractivity contribution in [2.45, 2.75) is 25.9 Å². The molecule has 0 aromatic heterocycles. The highest BCUT2D eigenvalue weighted by molar-refractivity contribution is 5.85. The Kier molecular flexibility index (Phi) is 6.65. The van der Waals surface area contributed by atoms with Crippen molar-refractivity contribution in [2.75, 3.05) is 13.1 Å². The van der Waals surface area contributed by atoms with E-state index in [1.54, 1.807) is 0 Å². The van der Waals surface area contributed by atoms with Crippen LogP contribution in [0.25, 0.3) is 0 Å². The highest BCUT2D eigenvalue weighted by atomic mass is 35.5. The molecule has 2 rings (SSSR count). The number of hydrogen-bond acceptors (Lipinski definition) is 4. The number of aliphatic carboxylic acids is 1. The molecule has 0 aliphatic carbocycles. The van der Waals surface area contributed by atoms with E-state index in [1.165, 1.54) is 0 Å². The maximum atomic E-state index is 11.9. The van der Waals surface area contributed by atoms with Gasteiger partial charge < -0.3 is 15.2 Å². The summed E-state index contributed by atoms with van der Waals surface area (Å²) < 4.78 is 5.18. The Bertz CT molecular complexity index is 472. The van der Waals surface area contributed by atoms with Crippen LogP contribution < -0.4 is 5.32 Å². The van der Waals surface area contributed by atoms with E-state index < -0.39 is 17.4 Å². The molecular formula is C15H20ClNO4. The first kappa shape index (κ1) is 17.5. The van der Waals surface area contributed by atoms with E-state index in [2.05, 4.69) is 5.32 Å². The van der Waals surface area contributed by atoms with Crippen molar-refractivity contribution in [2.24, 2.45) is 5.41 Å². The molecule has 1 aliphatic rings. The Labute approximate surface area is 130 Å². The molecule has 21 heavy (non-hydrogen) atoms. The highest BCUT2D eigenvalue weighted by Gasteiger charge is 2.42. The number of carbonyl (C=O) groups is 2. The van der Waals surface area contributed by atoms with Crippen molar-refractivity contribution >= 4 is 24.3 Å². The monoisotopic (exact) mass is 313 g/mol. The normalized spacial score (nSPS) is 21.1. The SMILES string of the molecule is Cl.O=C(CC1(C(=O)O)CCCNC1)OCc1ccccc1. The number of halogens is 1. The molecule has 5 nitrogen and oxygen atoms in total. The van der Waals surface area contributed by atoms with Gasteiger partial charge in [0.1, 0.15) is 6.61 Å². The van der Waals surface area contributed by atoms with Gasteiger partial charge >= 0.3 is 11.9 Å². The van der Waals surface area contributed by atoms with Crippen LogP contribution in [0.5, 0.6) is 0 Å². The van der Waals surface area contributed by atoms with E-state index >= 15 is 0 Å². The van der Waals surface area contributed by atoms with E-state index in [-0.39, 0.29) is 25.4 Å². The van der Waals surface area contributed by atoms with Crippen molar-refractivity contribution in [1.82, 2.24) is 5.32 Å². The van der Waals surface area contributed by atoms with Gasteiger partial charge in [-0.1, -0.05) is 30.3 Å². The number of hydrogen-bond donors (Lipinski definition) is 2. The van der Waals surface area contributed by atoms with Gasteiger partial charge in [-0.05, 0) is 24.9 Å². The molecule has 1 aliphatic heterocycles. The molecule has 1 heterocycles. The zero-order valence-corrected chi connectivity index (χ0v) is 12.5. The lowest BCUT2D eigenvalue weighted by Gasteiger charge is -2.32. The molecule has 0 spiro atoms.